The molecule has 21 heavy (non-hydrogen) atoms. The number of rotatable bonds is 2. The monoisotopic (exact) mass is 350 g/mol. The first kappa shape index (κ1) is 15.4. The molecule has 0 heterocycles. The predicted molar refractivity (Wildman–Crippen MR) is 81.9 cm³/mol. The van der Waals surface area contributed by atoms with Gasteiger partial charge in [-0.05, 0) is 56.3 Å². The van der Waals surface area contributed by atoms with E-state index in [1.54, 1.807) is 0 Å². The summed E-state index contributed by atoms with van der Waals surface area (Å²) in [6.07, 6.45) is 6.44. The van der Waals surface area contributed by atoms with Gasteiger partial charge in [-0.1, -0.05) is 34.8 Å². The normalized spacial score (nSPS) is 36.2. The summed E-state index contributed by atoms with van der Waals surface area (Å²) in [5, 5.41) is 4.46. The van der Waals surface area contributed by atoms with Crippen molar-refractivity contribution in [2.45, 2.75) is 38.5 Å². The fourth-order valence-electron chi connectivity index (χ4n) is 4.80. The molecule has 0 spiro atoms. The Bertz CT molecular complexity index is 479. The van der Waals surface area contributed by atoms with E-state index in [1.165, 1.54) is 19.3 Å². The van der Waals surface area contributed by atoms with E-state index < -0.39 is 6.03 Å². The smallest absolute Gasteiger partial charge is 0.296 e. The van der Waals surface area contributed by atoms with Gasteiger partial charge in [0.15, 0.2) is 0 Å². The minimum Gasteiger partial charge on any atom is -0.296 e. The minimum absolute atomic E-state index is 0.186. The van der Waals surface area contributed by atoms with E-state index in [0.717, 1.165) is 19.3 Å². The average Bonchev–Trinajstić information content (AvgIpc) is 2.36. The third kappa shape index (κ3) is 3.03. The molecule has 2 N–H and O–H groups in total. The molecule has 0 radical (unpaired) electrons. The van der Waals surface area contributed by atoms with Crippen molar-refractivity contribution in [2.75, 3.05) is 0 Å². The van der Waals surface area contributed by atoms with Crippen LogP contribution >= 0.6 is 34.8 Å². The molecule has 0 aromatic rings. The number of carbonyl (C=O) groups excluding carboxylic acids is 2. The highest BCUT2D eigenvalue weighted by molar-refractivity contribution is 6.59. The maximum atomic E-state index is 12.6. The van der Waals surface area contributed by atoms with Crippen LogP contribution in [-0.4, -0.2) is 11.9 Å². The van der Waals surface area contributed by atoms with Gasteiger partial charge in [-0.3, -0.25) is 15.4 Å². The molecular formula is C14H17Cl3N2O2. The number of urea groups is 1. The molecule has 4 saturated carbocycles. The molecule has 116 valence electrons. The Morgan fingerprint density at radius 3 is 1.76 bits per heavy atom. The summed E-state index contributed by atoms with van der Waals surface area (Å²) in [4.78, 5) is 24.3. The van der Waals surface area contributed by atoms with Crippen LogP contribution in [0.3, 0.4) is 0 Å². The Morgan fingerprint density at radius 2 is 1.33 bits per heavy atom. The van der Waals surface area contributed by atoms with E-state index in [4.69, 9.17) is 34.8 Å². The molecule has 4 aliphatic rings. The van der Waals surface area contributed by atoms with Crippen LogP contribution in [0.4, 0.5) is 4.79 Å². The summed E-state index contributed by atoms with van der Waals surface area (Å²) < 4.78 is -0.242. The molecule has 4 bridgehead atoms. The zero-order valence-corrected chi connectivity index (χ0v) is 13.7. The maximum absolute atomic E-state index is 12.6. The molecule has 4 aliphatic carbocycles. The van der Waals surface area contributed by atoms with Crippen molar-refractivity contribution in [1.29, 1.82) is 0 Å². The lowest BCUT2D eigenvalue weighted by Crippen LogP contribution is -2.55. The van der Waals surface area contributed by atoms with Crippen molar-refractivity contribution in [2.24, 2.45) is 23.2 Å². The number of imide groups is 1. The maximum Gasteiger partial charge on any atom is 0.326 e. The van der Waals surface area contributed by atoms with Crippen LogP contribution in [0, 0.1) is 23.2 Å². The van der Waals surface area contributed by atoms with Crippen molar-refractivity contribution in [3.63, 3.8) is 0 Å². The molecule has 4 rings (SSSR count). The molecule has 0 aromatic heterocycles. The van der Waals surface area contributed by atoms with E-state index in [-0.39, 0.29) is 21.0 Å². The average molecular weight is 352 g/mol. The summed E-state index contributed by atoms with van der Waals surface area (Å²) in [7, 11) is 0. The summed E-state index contributed by atoms with van der Waals surface area (Å²) in [6.45, 7) is 0. The number of hydrogen-bond acceptors (Lipinski definition) is 2. The first-order valence-corrected chi connectivity index (χ1v) is 8.34. The zero-order valence-electron chi connectivity index (χ0n) is 11.4. The molecule has 0 aromatic carbocycles. The first-order chi connectivity index (χ1) is 9.88. The molecule has 0 aliphatic heterocycles. The number of hydrogen-bond donors (Lipinski definition) is 2. The van der Waals surface area contributed by atoms with Crippen LogP contribution in [0.2, 0.25) is 0 Å². The van der Waals surface area contributed by atoms with E-state index >= 15 is 0 Å². The lowest BCUT2D eigenvalue weighted by molar-refractivity contribution is -0.145. The van der Waals surface area contributed by atoms with E-state index in [2.05, 4.69) is 10.6 Å². The number of amides is 3. The lowest BCUT2D eigenvalue weighted by atomic mass is 9.49. The third-order valence-electron chi connectivity index (χ3n) is 5.14. The van der Waals surface area contributed by atoms with Gasteiger partial charge in [0.1, 0.15) is 9.65 Å². The van der Waals surface area contributed by atoms with Crippen LogP contribution in [0.5, 0.6) is 0 Å². The minimum atomic E-state index is -0.681. The summed E-state index contributed by atoms with van der Waals surface area (Å²) in [5.41, 5.74) is -0.368. The second-order valence-corrected chi connectivity index (χ2v) is 8.01. The number of halogens is 3. The van der Waals surface area contributed by atoms with Crippen molar-refractivity contribution >= 4 is 46.7 Å². The van der Waals surface area contributed by atoms with Crippen molar-refractivity contribution < 1.29 is 9.59 Å². The fourth-order valence-corrected chi connectivity index (χ4v) is 4.98. The van der Waals surface area contributed by atoms with Crippen molar-refractivity contribution in [3.8, 4) is 0 Å². The number of nitrogens with one attached hydrogen (secondary N) is 2. The van der Waals surface area contributed by atoms with Crippen molar-refractivity contribution in [3.05, 3.63) is 9.65 Å². The molecule has 7 heteroatoms. The topological polar surface area (TPSA) is 58.2 Å². The Kier molecular flexibility index (Phi) is 4.15. The van der Waals surface area contributed by atoms with Crippen LogP contribution < -0.4 is 10.6 Å². The standard InChI is InChI=1S/C14H17Cl3N2O2/c15-10(16)11(17)18-13(21)19-12(20)14-4-7-1-8(5-14)3-9(2-7)6-14/h7-9H,1-6H2,(H2,18,19,20,21). The van der Waals surface area contributed by atoms with Crippen LogP contribution in [0.1, 0.15) is 38.5 Å². The van der Waals surface area contributed by atoms with Crippen molar-refractivity contribution in [1.82, 2.24) is 10.6 Å². The van der Waals surface area contributed by atoms with Gasteiger partial charge in [-0.25, -0.2) is 4.79 Å². The Balaban J connectivity index is 1.66. The Hall–Kier alpha value is -0.450. The van der Waals surface area contributed by atoms with Gasteiger partial charge < -0.3 is 0 Å². The molecule has 0 atom stereocenters. The second kappa shape index (κ2) is 5.64. The largest absolute Gasteiger partial charge is 0.326 e. The highest BCUT2D eigenvalue weighted by Crippen LogP contribution is 2.60. The zero-order chi connectivity index (χ0) is 15.2. The van der Waals surface area contributed by atoms with Crippen LogP contribution in [-0.2, 0) is 4.79 Å². The number of carbonyl (C=O) groups is 2. The SMILES string of the molecule is O=C(NC(=O)C12CC3CC(CC(C3)C1)C2)NC(Cl)=C(Cl)Cl. The van der Waals surface area contributed by atoms with Gasteiger partial charge in [0.05, 0.1) is 5.41 Å². The summed E-state index contributed by atoms with van der Waals surface area (Å²) >= 11 is 16.5. The van der Waals surface area contributed by atoms with E-state index in [9.17, 15) is 9.59 Å². The third-order valence-corrected chi connectivity index (χ3v) is 5.99. The Labute approximate surface area is 138 Å². The van der Waals surface area contributed by atoms with Gasteiger partial charge >= 0.3 is 6.03 Å². The fraction of sp³-hybridized carbons (Fsp3) is 0.714. The van der Waals surface area contributed by atoms with Gasteiger partial charge in [-0.15, -0.1) is 0 Å². The highest BCUT2D eigenvalue weighted by atomic mass is 35.5. The second-order valence-electron chi connectivity index (χ2n) is 6.68. The molecule has 0 saturated heterocycles. The molecular weight excluding hydrogens is 335 g/mol. The summed E-state index contributed by atoms with van der Waals surface area (Å²) in [5.74, 6) is 1.75. The molecule has 4 fully saturated rings. The van der Waals surface area contributed by atoms with Crippen LogP contribution in [0.15, 0.2) is 9.65 Å². The Morgan fingerprint density at radius 1 is 0.857 bits per heavy atom. The van der Waals surface area contributed by atoms with Gasteiger partial charge in [0, 0.05) is 0 Å². The lowest BCUT2D eigenvalue weighted by Gasteiger charge is -2.55. The molecule has 0 unspecified atom stereocenters. The highest BCUT2D eigenvalue weighted by Gasteiger charge is 2.54. The van der Waals surface area contributed by atoms with E-state index in [1.807, 2.05) is 0 Å². The van der Waals surface area contributed by atoms with E-state index in [0.29, 0.717) is 17.8 Å². The quantitative estimate of drug-likeness (QED) is 0.742. The first-order valence-electron chi connectivity index (χ1n) is 7.21. The molecule has 3 amide bonds. The van der Waals surface area contributed by atoms with Gasteiger partial charge in [0.25, 0.3) is 0 Å². The summed E-state index contributed by atoms with van der Waals surface area (Å²) in [6, 6.07) is -0.681. The van der Waals surface area contributed by atoms with Gasteiger partial charge in [0.2, 0.25) is 5.91 Å². The molecule has 4 nitrogen and oxygen atoms in total. The van der Waals surface area contributed by atoms with Gasteiger partial charge in [-0.2, -0.15) is 0 Å². The van der Waals surface area contributed by atoms with Crippen LogP contribution in [0.25, 0.3) is 0 Å². The predicted octanol–water partition coefficient (Wildman–Crippen LogP) is 3.87.